The number of nitrogens with two attached hydrogens (primary N) is 1. The van der Waals surface area contributed by atoms with Gasteiger partial charge in [0.05, 0.1) is 5.69 Å². The fourth-order valence-corrected chi connectivity index (χ4v) is 4.20. The molecule has 0 saturated carbocycles. The summed E-state index contributed by atoms with van der Waals surface area (Å²) in [7, 11) is 0. The Morgan fingerprint density at radius 2 is 2.32 bits per heavy atom. The van der Waals surface area contributed by atoms with Crippen LogP contribution in [0.25, 0.3) is 0 Å². The molecule has 1 amide bonds. The van der Waals surface area contributed by atoms with Gasteiger partial charge in [0.2, 0.25) is 5.91 Å². The minimum Gasteiger partial charge on any atom is -0.366 e. The fraction of sp³-hybridized carbons (Fsp3) is 0.462. The zero-order valence-electron chi connectivity index (χ0n) is 10.6. The van der Waals surface area contributed by atoms with Crippen molar-refractivity contribution in [1.82, 2.24) is 0 Å². The highest BCUT2D eigenvalue weighted by molar-refractivity contribution is 9.10. The van der Waals surface area contributed by atoms with Crippen molar-refractivity contribution in [3.8, 4) is 0 Å². The Balaban J connectivity index is 2.00. The Hall–Kier alpha value is -0.720. The number of hydrogen-bond donors (Lipinski definition) is 2. The molecule has 0 aliphatic carbocycles. The molecular formula is C13H16BrN3OS. The van der Waals surface area contributed by atoms with Crippen molar-refractivity contribution in [2.45, 2.75) is 19.0 Å². The summed E-state index contributed by atoms with van der Waals surface area (Å²) in [5.74, 6) is 2.15. The number of halogens is 1. The van der Waals surface area contributed by atoms with E-state index in [-0.39, 0.29) is 5.91 Å². The molecule has 1 aromatic rings. The standard InChI is InChI=1S/C13H16BrN3OS/c1-7-6-19-3-2-17(7)11-5-10-8(4-9(11)14)12(15)13(18)16-10/h4-5,7,12H,2-3,6,15H2,1H3,(H,16,18). The van der Waals surface area contributed by atoms with E-state index >= 15 is 0 Å². The Morgan fingerprint density at radius 1 is 1.53 bits per heavy atom. The Labute approximate surface area is 125 Å². The molecule has 0 radical (unpaired) electrons. The number of carbonyl (C=O) groups is 1. The molecule has 1 fully saturated rings. The predicted octanol–water partition coefficient (Wildman–Crippen LogP) is 2.34. The molecular weight excluding hydrogens is 326 g/mol. The third-order valence-electron chi connectivity index (χ3n) is 3.67. The Kier molecular flexibility index (Phi) is 3.49. The molecule has 2 unspecified atom stereocenters. The van der Waals surface area contributed by atoms with E-state index < -0.39 is 6.04 Å². The molecule has 0 spiro atoms. The largest absolute Gasteiger partial charge is 0.366 e. The normalized spacial score (nSPS) is 26.3. The van der Waals surface area contributed by atoms with Crippen molar-refractivity contribution in [2.24, 2.45) is 5.73 Å². The second kappa shape index (κ2) is 5.00. The molecule has 0 bridgehead atoms. The van der Waals surface area contributed by atoms with Gasteiger partial charge in [-0.15, -0.1) is 0 Å². The molecule has 1 saturated heterocycles. The summed E-state index contributed by atoms with van der Waals surface area (Å²) in [5.41, 5.74) is 8.73. The lowest BCUT2D eigenvalue weighted by atomic mass is 10.1. The molecule has 3 N–H and O–H groups in total. The average Bonchev–Trinajstić information content (AvgIpc) is 2.66. The van der Waals surface area contributed by atoms with Crippen LogP contribution in [0.5, 0.6) is 0 Å². The second-order valence-corrected chi connectivity index (χ2v) is 6.98. The van der Waals surface area contributed by atoms with Gasteiger partial charge < -0.3 is 16.0 Å². The van der Waals surface area contributed by atoms with E-state index in [1.54, 1.807) is 0 Å². The zero-order valence-corrected chi connectivity index (χ0v) is 13.1. The maximum atomic E-state index is 11.6. The van der Waals surface area contributed by atoms with Crippen LogP contribution in [0.1, 0.15) is 18.5 Å². The molecule has 4 nitrogen and oxygen atoms in total. The van der Waals surface area contributed by atoms with Gasteiger partial charge in [0.15, 0.2) is 0 Å². The van der Waals surface area contributed by atoms with E-state index in [1.165, 1.54) is 0 Å². The summed E-state index contributed by atoms with van der Waals surface area (Å²) in [6.45, 7) is 3.26. The second-order valence-electron chi connectivity index (χ2n) is 4.98. The third kappa shape index (κ3) is 2.26. The van der Waals surface area contributed by atoms with Crippen LogP contribution in [0.2, 0.25) is 0 Å². The van der Waals surface area contributed by atoms with Crippen molar-refractivity contribution in [2.75, 3.05) is 28.3 Å². The first-order chi connectivity index (χ1) is 9.08. The first-order valence-electron chi connectivity index (χ1n) is 6.32. The summed E-state index contributed by atoms with van der Waals surface area (Å²) in [6, 6.07) is 3.96. The van der Waals surface area contributed by atoms with Crippen LogP contribution in [0.4, 0.5) is 11.4 Å². The van der Waals surface area contributed by atoms with Crippen LogP contribution in [-0.4, -0.2) is 30.0 Å². The quantitative estimate of drug-likeness (QED) is 0.823. The first-order valence-corrected chi connectivity index (χ1v) is 8.27. The van der Waals surface area contributed by atoms with Crippen molar-refractivity contribution < 1.29 is 4.79 Å². The van der Waals surface area contributed by atoms with E-state index in [4.69, 9.17) is 5.73 Å². The number of anilines is 2. The van der Waals surface area contributed by atoms with E-state index in [0.717, 1.165) is 39.5 Å². The van der Waals surface area contributed by atoms with Gasteiger partial charge in [-0.1, -0.05) is 0 Å². The number of thioether (sulfide) groups is 1. The first kappa shape index (κ1) is 13.3. The number of hydrogen-bond acceptors (Lipinski definition) is 4. The van der Waals surface area contributed by atoms with Gasteiger partial charge in [0.1, 0.15) is 6.04 Å². The number of amides is 1. The van der Waals surface area contributed by atoms with Crippen LogP contribution in [-0.2, 0) is 4.79 Å². The highest BCUT2D eigenvalue weighted by Gasteiger charge is 2.30. The van der Waals surface area contributed by atoms with E-state index in [9.17, 15) is 4.79 Å². The third-order valence-corrected chi connectivity index (χ3v) is 5.50. The van der Waals surface area contributed by atoms with Crippen LogP contribution < -0.4 is 16.0 Å². The van der Waals surface area contributed by atoms with E-state index in [1.807, 2.05) is 23.9 Å². The van der Waals surface area contributed by atoms with Crippen LogP contribution >= 0.6 is 27.7 Å². The topological polar surface area (TPSA) is 58.4 Å². The highest BCUT2D eigenvalue weighted by Crippen LogP contribution is 2.39. The maximum absolute atomic E-state index is 11.6. The zero-order chi connectivity index (χ0) is 13.6. The summed E-state index contributed by atoms with van der Waals surface area (Å²) in [6.07, 6.45) is 0. The van der Waals surface area contributed by atoms with E-state index in [2.05, 4.69) is 33.1 Å². The Bertz CT molecular complexity index is 537. The smallest absolute Gasteiger partial charge is 0.245 e. The number of benzene rings is 1. The van der Waals surface area contributed by atoms with E-state index in [0.29, 0.717) is 6.04 Å². The van der Waals surface area contributed by atoms with Crippen molar-refractivity contribution in [3.63, 3.8) is 0 Å². The molecule has 0 aromatic heterocycles. The van der Waals surface area contributed by atoms with Crippen molar-refractivity contribution in [1.29, 1.82) is 0 Å². The SMILES string of the molecule is CC1CSCCN1c1cc2c(cc1Br)C(N)C(=O)N2. The number of rotatable bonds is 1. The van der Waals surface area contributed by atoms with Gasteiger partial charge in [-0.2, -0.15) is 11.8 Å². The molecule has 2 heterocycles. The minimum absolute atomic E-state index is 0.124. The molecule has 3 rings (SSSR count). The minimum atomic E-state index is -0.547. The van der Waals surface area contributed by atoms with Gasteiger partial charge >= 0.3 is 0 Å². The van der Waals surface area contributed by atoms with Gasteiger partial charge in [0.25, 0.3) is 0 Å². The molecule has 1 aromatic carbocycles. The van der Waals surface area contributed by atoms with Crippen LogP contribution in [0, 0.1) is 0 Å². The van der Waals surface area contributed by atoms with Crippen LogP contribution in [0.15, 0.2) is 16.6 Å². The molecule has 2 aliphatic rings. The number of nitrogens with zero attached hydrogens (tertiary/aromatic N) is 1. The van der Waals surface area contributed by atoms with Gasteiger partial charge in [-0.3, -0.25) is 4.79 Å². The Morgan fingerprint density at radius 3 is 3.05 bits per heavy atom. The number of fused-ring (bicyclic) bond motifs is 1. The average molecular weight is 342 g/mol. The van der Waals surface area contributed by atoms with Crippen molar-refractivity contribution in [3.05, 3.63) is 22.2 Å². The van der Waals surface area contributed by atoms with Gasteiger partial charge in [-0.25, -0.2) is 0 Å². The fourth-order valence-electron chi connectivity index (χ4n) is 2.60. The molecule has 2 aliphatic heterocycles. The number of nitrogens with one attached hydrogen (secondary N) is 1. The lowest BCUT2D eigenvalue weighted by Crippen LogP contribution is -2.40. The maximum Gasteiger partial charge on any atom is 0.245 e. The summed E-state index contributed by atoms with van der Waals surface area (Å²) in [4.78, 5) is 14.0. The van der Waals surface area contributed by atoms with Gasteiger partial charge in [0, 0.05) is 39.8 Å². The highest BCUT2D eigenvalue weighted by atomic mass is 79.9. The lowest BCUT2D eigenvalue weighted by molar-refractivity contribution is -0.116. The lowest BCUT2D eigenvalue weighted by Gasteiger charge is -2.36. The molecule has 2 atom stereocenters. The van der Waals surface area contributed by atoms with Crippen LogP contribution in [0.3, 0.4) is 0 Å². The summed E-state index contributed by atoms with van der Waals surface area (Å²) < 4.78 is 1.01. The molecule has 102 valence electrons. The monoisotopic (exact) mass is 341 g/mol. The van der Waals surface area contributed by atoms with Crippen molar-refractivity contribution >= 4 is 45.0 Å². The predicted molar refractivity (Wildman–Crippen MR) is 83.8 cm³/mol. The number of carbonyl (C=O) groups excluding carboxylic acids is 1. The van der Waals surface area contributed by atoms with Gasteiger partial charge in [-0.05, 0) is 35.0 Å². The summed E-state index contributed by atoms with van der Waals surface area (Å²) in [5, 5.41) is 2.85. The molecule has 19 heavy (non-hydrogen) atoms. The molecule has 6 heteroatoms. The summed E-state index contributed by atoms with van der Waals surface area (Å²) >= 11 is 5.60.